The Bertz CT molecular complexity index is 549. The molecule has 2 rings (SSSR count). The topological polar surface area (TPSA) is 12.0 Å². The molecule has 0 atom stereocenters. The van der Waals surface area contributed by atoms with Crippen LogP contribution in [-0.4, -0.2) is 6.04 Å². The minimum atomic E-state index is -0.212. The maximum atomic E-state index is 14.0. The van der Waals surface area contributed by atoms with Crippen LogP contribution in [0.2, 0.25) is 0 Å². The van der Waals surface area contributed by atoms with Gasteiger partial charge in [0, 0.05) is 18.2 Å². The maximum Gasteiger partial charge on any atom is 0.145 e. The van der Waals surface area contributed by atoms with Gasteiger partial charge in [-0.25, -0.2) is 4.39 Å². The van der Waals surface area contributed by atoms with Crippen molar-refractivity contribution < 1.29 is 4.39 Å². The number of benzene rings is 2. The molecule has 0 saturated heterocycles. The molecule has 0 aliphatic rings. The molecular formula is C16H17BrFN. The van der Waals surface area contributed by atoms with Crippen molar-refractivity contribution in [3.8, 4) is 11.1 Å². The van der Waals surface area contributed by atoms with Crippen molar-refractivity contribution in [2.24, 2.45) is 0 Å². The summed E-state index contributed by atoms with van der Waals surface area (Å²) in [6.07, 6.45) is 0. The predicted octanol–water partition coefficient (Wildman–Crippen LogP) is 4.75. The molecule has 0 aromatic heterocycles. The lowest BCUT2D eigenvalue weighted by Crippen LogP contribution is -2.21. The van der Waals surface area contributed by atoms with Gasteiger partial charge in [-0.15, -0.1) is 0 Å². The molecule has 100 valence electrons. The first-order chi connectivity index (χ1) is 9.08. The van der Waals surface area contributed by atoms with E-state index >= 15 is 0 Å². The Labute approximate surface area is 122 Å². The van der Waals surface area contributed by atoms with E-state index in [0.717, 1.165) is 12.1 Å². The fraction of sp³-hybridized carbons (Fsp3) is 0.250. The highest BCUT2D eigenvalue weighted by Gasteiger charge is 2.07. The molecule has 0 aliphatic heterocycles. The monoisotopic (exact) mass is 321 g/mol. The number of hydrogen-bond donors (Lipinski definition) is 1. The summed E-state index contributed by atoms with van der Waals surface area (Å²) in [7, 11) is 0. The summed E-state index contributed by atoms with van der Waals surface area (Å²) in [5.41, 5.74) is 2.72. The lowest BCUT2D eigenvalue weighted by atomic mass is 10.0. The molecular weight excluding hydrogens is 305 g/mol. The van der Waals surface area contributed by atoms with E-state index in [-0.39, 0.29) is 5.82 Å². The summed E-state index contributed by atoms with van der Waals surface area (Å²) in [5, 5.41) is 3.36. The smallest absolute Gasteiger partial charge is 0.145 e. The number of hydrogen-bond acceptors (Lipinski definition) is 1. The summed E-state index contributed by atoms with van der Waals surface area (Å²) >= 11 is 3.21. The molecule has 2 aromatic rings. The van der Waals surface area contributed by atoms with E-state index in [1.165, 1.54) is 5.56 Å². The first-order valence-electron chi connectivity index (χ1n) is 6.34. The zero-order valence-corrected chi connectivity index (χ0v) is 12.7. The fourth-order valence-corrected chi connectivity index (χ4v) is 2.22. The molecule has 0 unspecified atom stereocenters. The predicted molar refractivity (Wildman–Crippen MR) is 81.5 cm³/mol. The molecule has 1 nitrogen and oxygen atoms in total. The molecule has 0 bridgehead atoms. The number of halogens is 2. The summed E-state index contributed by atoms with van der Waals surface area (Å²) < 4.78 is 14.5. The Morgan fingerprint density at radius 1 is 1.11 bits per heavy atom. The Morgan fingerprint density at radius 2 is 1.79 bits per heavy atom. The largest absolute Gasteiger partial charge is 0.310 e. The third kappa shape index (κ3) is 3.64. The van der Waals surface area contributed by atoms with Crippen LogP contribution in [0, 0.1) is 5.82 Å². The van der Waals surface area contributed by atoms with Gasteiger partial charge in [-0.2, -0.15) is 0 Å². The van der Waals surface area contributed by atoms with E-state index < -0.39 is 0 Å². The lowest BCUT2D eigenvalue weighted by molar-refractivity contribution is 0.589. The van der Waals surface area contributed by atoms with Crippen LogP contribution in [0.25, 0.3) is 11.1 Å². The molecule has 0 saturated carbocycles. The summed E-state index contributed by atoms with van der Waals surface area (Å²) in [6.45, 7) is 5.06. The average molecular weight is 322 g/mol. The normalized spacial score (nSPS) is 11.0. The SMILES string of the molecule is CC(C)NCc1ccc(-c2cccc(Br)c2F)cc1. The summed E-state index contributed by atoms with van der Waals surface area (Å²) in [4.78, 5) is 0. The van der Waals surface area contributed by atoms with Crippen molar-refractivity contribution in [1.82, 2.24) is 5.32 Å². The van der Waals surface area contributed by atoms with Crippen LogP contribution in [0.15, 0.2) is 46.9 Å². The van der Waals surface area contributed by atoms with Crippen molar-refractivity contribution in [2.75, 3.05) is 0 Å². The van der Waals surface area contributed by atoms with Gasteiger partial charge >= 0.3 is 0 Å². The lowest BCUT2D eigenvalue weighted by Gasteiger charge is -2.09. The highest BCUT2D eigenvalue weighted by molar-refractivity contribution is 9.10. The van der Waals surface area contributed by atoms with Crippen LogP contribution in [0.1, 0.15) is 19.4 Å². The van der Waals surface area contributed by atoms with Crippen molar-refractivity contribution in [3.05, 3.63) is 58.3 Å². The van der Waals surface area contributed by atoms with Crippen LogP contribution >= 0.6 is 15.9 Å². The van der Waals surface area contributed by atoms with Gasteiger partial charge in [0.1, 0.15) is 5.82 Å². The second-order valence-corrected chi connectivity index (χ2v) is 5.69. The van der Waals surface area contributed by atoms with Gasteiger partial charge < -0.3 is 5.32 Å². The van der Waals surface area contributed by atoms with Crippen LogP contribution in [0.3, 0.4) is 0 Å². The van der Waals surface area contributed by atoms with Gasteiger partial charge in [0.2, 0.25) is 0 Å². The van der Waals surface area contributed by atoms with Crippen LogP contribution < -0.4 is 5.32 Å². The van der Waals surface area contributed by atoms with E-state index in [1.807, 2.05) is 30.3 Å². The van der Waals surface area contributed by atoms with Gasteiger partial charge in [-0.1, -0.05) is 50.2 Å². The van der Waals surface area contributed by atoms with Crippen LogP contribution in [0.4, 0.5) is 4.39 Å². The summed E-state index contributed by atoms with van der Waals surface area (Å²) in [5.74, 6) is -0.212. The average Bonchev–Trinajstić information content (AvgIpc) is 2.40. The Kier molecular flexibility index (Phi) is 4.72. The van der Waals surface area contributed by atoms with E-state index in [9.17, 15) is 4.39 Å². The third-order valence-corrected chi connectivity index (χ3v) is 3.54. The van der Waals surface area contributed by atoms with E-state index in [0.29, 0.717) is 16.1 Å². The molecule has 1 N–H and O–H groups in total. The van der Waals surface area contributed by atoms with Gasteiger partial charge in [-0.3, -0.25) is 0 Å². The van der Waals surface area contributed by atoms with Crippen molar-refractivity contribution in [2.45, 2.75) is 26.4 Å². The second-order valence-electron chi connectivity index (χ2n) is 4.83. The molecule has 0 aliphatic carbocycles. The highest BCUT2D eigenvalue weighted by Crippen LogP contribution is 2.27. The van der Waals surface area contributed by atoms with E-state index in [1.54, 1.807) is 12.1 Å². The van der Waals surface area contributed by atoms with Crippen molar-refractivity contribution in [3.63, 3.8) is 0 Å². The van der Waals surface area contributed by atoms with Crippen LogP contribution in [0.5, 0.6) is 0 Å². The van der Waals surface area contributed by atoms with Gasteiger partial charge in [0.05, 0.1) is 4.47 Å². The van der Waals surface area contributed by atoms with Gasteiger partial charge in [0.25, 0.3) is 0 Å². The molecule has 0 fully saturated rings. The Hall–Kier alpha value is -1.19. The second kappa shape index (κ2) is 6.31. The van der Waals surface area contributed by atoms with Crippen molar-refractivity contribution >= 4 is 15.9 Å². The first kappa shape index (κ1) is 14.2. The van der Waals surface area contributed by atoms with Gasteiger partial charge in [-0.05, 0) is 33.1 Å². The molecule has 0 amide bonds. The molecule has 3 heteroatoms. The highest BCUT2D eigenvalue weighted by atomic mass is 79.9. The molecule has 19 heavy (non-hydrogen) atoms. The quantitative estimate of drug-likeness (QED) is 0.856. The molecule has 0 spiro atoms. The maximum absolute atomic E-state index is 14.0. The minimum Gasteiger partial charge on any atom is -0.310 e. The molecule has 2 aromatic carbocycles. The third-order valence-electron chi connectivity index (χ3n) is 2.93. The van der Waals surface area contributed by atoms with E-state index in [4.69, 9.17) is 0 Å². The Morgan fingerprint density at radius 3 is 2.42 bits per heavy atom. The zero-order valence-electron chi connectivity index (χ0n) is 11.1. The molecule has 0 heterocycles. The van der Waals surface area contributed by atoms with Gasteiger partial charge in [0.15, 0.2) is 0 Å². The Balaban J connectivity index is 2.20. The summed E-state index contributed by atoms with van der Waals surface area (Å²) in [6, 6.07) is 13.8. The molecule has 0 radical (unpaired) electrons. The van der Waals surface area contributed by atoms with E-state index in [2.05, 4.69) is 35.1 Å². The van der Waals surface area contributed by atoms with Crippen LogP contribution in [-0.2, 0) is 6.54 Å². The number of rotatable bonds is 4. The standard InChI is InChI=1S/C16H17BrFN/c1-11(2)19-10-12-6-8-13(9-7-12)14-4-3-5-15(17)16(14)18/h3-9,11,19H,10H2,1-2H3. The zero-order chi connectivity index (χ0) is 13.8. The fourth-order valence-electron chi connectivity index (χ4n) is 1.85. The first-order valence-corrected chi connectivity index (χ1v) is 7.14. The minimum absolute atomic E-state index is 0.212. The van der Waals surface area contributed by atoms with Crippen molar-refractivity contribution in [1.29, 1.82) is 0 Å². The number of nitrogens with one attached hydrogen (secondary N) is 1.